The fraction of sp³-hybridized carbons (Fsp3) is 0.800. The Labute approximate surface area is 152 Å². The molecule has 0 atom stereocenters. The van der Waals surface area contributed by atoms with Crippen LogP contribution in [-0.2, 0) is 17.1 Å². The van der Waals surface area contributed by atoms with Crippen LogP contribution in [0, 0.1) is 0 Å². The number of aliphatic carboxylic acids is 1. The predicted octanol–water partition coefficient (Wildman–Crippen LogP) is 4.83. The molecule has 0 fully saturated rings. The van der Waals surface area contributed by atoms with Gasteiger partial charge in [0.15, 0.2) is 25.0 Å². The molecule has 5 nitrogen and oxygen atoms in total. The highest BCUT2D eigenvalue weighted by molar-refractivity contribution is 6.94. The van der Waals surface area contributed by atoms with Crippen molar-refractivity contribution in [2.45, 2.75) is 78.7 Å². The van der Waals surface area contributed by atoms with E-state index in [-0.39, 0.29) is 5.20 Å². The average molecular weight is 409 g/mol. The molecule has 0 saturated heterocycles. The van der Waals surface area contributed by atoms with Crippen LogP contribution in [0.3, 0.4) is 0 Å². The second kappa shape index (κ2) is 8.56. The monoisotopic (exact) mass is 408 g/mol. The van der Waals surface area contributed by atoms with Gasteiger partial charge in [0.2, 0.25) is 0 Å². The lowest BCUT2D eigenvalue weighted by atomic mass is 10.3. The fourth-order valence-corrected chi connectivity index (χ4v) is 15.3. The lowest BCUT2D eigenvalue weighted by molar-refractivity contribution is -0.132. The van der Waals surface area contributed by atoms with E-state index in [0.717, 1.165) is 6.42 Å². The molecular weight excluding hydrogens is 373 g/mol. The molecule has 0 aliphatic rings. The third-order valence-electron chi connectivity index (χ3n) is 2.52. The molecule has 0 aromatic heterocycles. The Bertz CT molecular complexity index is 417. The van der Waals surface area contributed by atoms with Gasteiger partial charge in [-0.25, -0.2) is 4.79 Å². The van der Waals surface area contributed by atoms with Crippen molar-refractivity contribution in [1.29, 1.82) is 0 Å². The molecule has 0 spiro atoms. The standard InChI is InChI=1S/C15H36O5Si4/c1-11-12-13-14(15(16)17)24(18-21(2,3)4,19-22(5,6)7)20-23(8,9)10/h13H,11-12H2,1-10H3,(H,16,17)/b14-13+. The molecule has 0 bridgehead atoms. The summed E-state index contributed by atoms with van der Waals surface area (Å²) in [7, 11) is -9.75. The van der Waals surface area contributed by atoms with Gasteiger partial charge in [-0.2, -0.15) is 0 Å². The van der Waals surface area contributed by atoms with E-state index in [9.17, 15) is 9.90 Å². The molecule has 0 amide bonds. The summed E-state index contributed by atoms with van der Waals surface area (Å²) < 4.78 is 19.4. The van der Waals surface area contributed by atoms with Crippen LogP contribution in [0.25, 0.3) is 0 Å². The quantitative estimate of drug-likeness (QED) is 0.414. The third-order valence-corrected chi connectivity index (χ3v) is 14.2. The third kappa shape index (κ3) is 9.44. The van der Waals surface area contributed by atoms with Crippen molar-refractivity contribution in [3.05, 3.63) is 11.3 Å². The van der Waals surface area contributed by atoms with Crippen LogP contribution in [0.1, 0.15) is 19.8 Å². The number of hydrogen-bond donors (Lipinski definition) is 1. The van der Waals surface area contributed by atoms with Crippen LogP contribution in [0.15, 0.2) is 11.3 Å². The Morgan fingerprint density at radius 3 is 1.38 bits per heavy atom. The summed E-state index contributed by atoms with van der Waals surface area (Å²) in [5.41, 5.74) is 0. The van der Waals surface area contributed by atoms with Gasteiger partial charge in [-0.15, -0.1) is 0 Å². The highest BCUT2D eigenvalue weighted by Gasteiger charge is 2.55. The number of rotatable bonds is 10. The molecule has 9 heteroatoms. The first kappa shape index (κ1) is 24.0. The summed E-state index contributed by atoms with van der Waals surface area (Å²) in [6.07, 6.45) is 3.30. The van der Waals surface area contributed by atoms with E-state index >= 15 is 0 Å². The van der Waals surface area contributed by atoms with Gasteiger partial charge in [-0.05, 0) is 65.3 Å². The normalized spacial score (nSPS) is 14.8. The first-order valence-electron chi connectivity index (χ1n) is 8.56. The molecule has 0 aliphatic carbocycles. The van der Waals surface area contributed by atoms with E-state index in [1.807, 2.05) is 6.92 Å². The van der Waals surface area contributed by atoms with Crippen molar-refractivity contribution in [2.24, 2.45) is 0 Å². The van der Waals surface area contributed by atoms with Crippen molar-refractivity contribution < 1.29 is 22.2 Å². The molecule has 0 aromatic carbocycles. The van der Waals surface area contributed by atoms with Crippen molar-refractivity contribution >= 4 is 39.7 Å². The van der Waals surface area contributed by atoms with E-state index in [0.29, 0.717) is 6.42 Å². The van der Waals surface area contributed by atoms with Gasteiger partial charge in [-0.3, -0.25) is 0 Å². The maximum absolute atomic E-state index is 12.1. The summed E-state index contributed by atoms with van der Waals surface area (Å²) in [5.74, 6) is -0.982. The van der Waals surface area contributed by atoms with E-state index in [2.05, 4.69) is 58.9 Å². The number of unbranched alkanes of at least 4 members (excludes halogenated alkanes) is 1. The Morgan fingerprint density at radius 2 is 1.17 bits per heavy atom. The topological polar surface area (TPSA) is 65.0 Å². The van der Waals surface area contributed by atoms with Gasteiger partial charge in [-0.1, -0.05) is 19.4 Å². The highest BCUT2D eigenvalue weighted by atomic mass is 28.5. The molecule has 0 rings (SSSR count). The zero-order chi connectivity index (χ0) is 19.4. The molecule has 0 unspecified atom stereocenters. The molecule has 0 aliphatic heterocycles. The number of carbonyl (C=O) groups is 1. The van der Waals surface area contributed by atoms with Crippen LogP contribution < -0.4 is 0 Å². The van der Waals surface area contributed by atoms with Crippen molar-refractivity contribution in [3.8, 4) is 0 Å². The Kier molecular flexibility index (Phi) is 8.55. The molecule has 24 heavy (non-hydrogen) atoms. The summed E-state index contributed by atoms with van der Waals surface area (Å²) >= 11 is 0. The Balaban J connectivity index is 6.36. The van der Waals surface area contributed by atoms with Crippen LogP contribution in [0.2, 0.25) is 58.9 Å². The minimum Gasteiger partial charge on any atom is -0.478 e. The zero-order valence-corrected chi connectivity index (χ0v) is 21.1. The molecule has 0 saturated carbocycles. The van der Waals surface area contributed by atoms with Gasteiger partial charge in [0.25, 0.3) is 0 Å². The van der Waals surface area contributed by atoms with Gasteiger partial charge in [0, 0.05) is 0 Å². The van der Waals surface area contributed by atoms with Gasteiger partial charge in [0.1, 0.15) is 5.20 Å². The average Bonchev–Trinajstić information content (AvgIpc) is 2.20. The second-order valence-corrected chi connectivity index (χ2v) is 25.7. The zero-order valence-electron chi connectivity index (χ0n) is 17.1. The van der Waals surface area contributed by atoms with Gasteiger partial charge in [0.05, 0.1) is 0 Å². The predicted molar refractivity (Wildman–Crippen MR) is 110 cm³/mol. The molecular formula is C15H36O5Si4. The highest BCUT2D eigenvalue weighted by Crippen LogP contribution is 2.31. The first-order valence-corrected chi connectivity index (χ1v) is 20.5. The Hall–Kier alpha value is -0.0425. The molecule has 0 heterocycles. The lowest BCUT2D eigenvalue weighted by Crippen LogP contribution is -2.63. The van der Waals surface area contributed by atoms with Crippen LogP contribution in [-0.4, -0.2) is 44.8 Å². The first-order chi connectivity index (χ1) is 10.5. The van der Waals surface area contributed by atoms with Crippen molar-refractivity contribution in [3.63, 3.8) is 0 Å². The lowest BCUT2D eigenvalue weighted by Gasteiger charge is -2.42. The minimum atomic E-state index is -3.48. The molecule has 142 valence electrons. The molecule has 0 aromatic rings. The number of hydrogen-bond acceptors (Lipinski definition) is 4. The van der Waals surface area contributed by atoms with E-state index in [4.69, 9.17) is 12.3 Å². The van der Waals surface area contributed by atoms with Gasteiger partial charge < -0.3 is 17.5 Å². The van der Waals surface area contributed by atoms with Crippen molar-refractivity contribution in [1.82, 2.24) is 0 Å². The SMILES string of the molecule is CCC/C=C(\C(=O)O)[Si](O[Si](C)(C)C)(O[Si](C)(C)C)O[Si](C)(C)C. The second-order valence-electron chi connectivity index (χ2n) is 8.91. The maximum Gasteiger partial charge on any atom is 0.512 e. The summed E-state index contributed by atoms with van der Waals surface area (Å²) in [4.78, 5) is 12.1. The van der Waals surface area contributed by atoms with Crippen molar-refractivity contribution in [2.75, 3.05) is 0 Å². The smallest absolute Gasteiger partial charge is 0.478 e. The van der Waals surface area contributed by atoms with E-state index < -0.39 is 39.7 Å². The van der Waals surface area contributed by atoms with E-state index in [1.165, 1.54) is 0 Å². The summed E-state index contributed by atoms with van der Waals surface area (Å²) in [5, 5.41) is 10.1. The largest absolute Gasteiger partial charge is 0.512 e. The number of carboxylic acids is 1. The van der Waals surface area contributed by atoms with Crippen LogP contribution in [0.5, 0.6) is 0 Å². The minimum absolute atomic E-state index is 0.219. The van der Waals surface area contributed by atoms with Crippen LogP contribution in [0.4, 0.5) is 0 Å². The summed E-state index contributed by atoms with van der Waals surface area (Å²) in [6.45, 7) is 20.5. The number of allylic oxidation sites excluding steroid dienone is 1. The maximum atomic E-state index is 12.1. The number of carboxylic acid groups (broad SMARTS) is 1. The Morgan fingerprint density at radius 1 is 0.833 bits per heavy atom. The van der Waals surface area contributed by atoms with Crippen LogP contribution >= 0.6 is 0 Å². The summed E-state index contributed by atoms with van der Waals surface area (Å²) in [6, 6.07) is 0. The van der Waals surface area contributed by atoms with E-state index in [1.54, 1.807) is 6.08 Å². The molecule has 1 N–H and O–H groups in total. The fourth-order valence-electron chi connectivity index (χ4n) is 2.07. The molecule has 0 radical (unpaired) electrons. The van der Waals surface area contributed by atoms with Gasteiger partial charge >= 0.3 is 14.8 Å².